The van der Waals surface area contributed by atoms with Crippen molar-refractivity contribution < 1.29 is 80.2 Å². The molecule has 0 spiro atoms. The third kappa shape index (κ3) is 76.1. The highest BCUT2D eigenvalue weighted by Gasteiger charge is 2.30. The lowest BCUT2D eigenvalue weighted by Crippen LogP contribution is -2.30. The minimum Gasteiger partial charge on any atom is -0.462 e. The number of unbranched alkanes of at least 4 members (excludes halogenated alkanes) is 44. The molecular formula is C84H160O17P2. The average molecular weight is 1500 g/mol. The van der Waals surface area contributed by atoms with Crippen molar-refractivity contribution in [1.82, 2.24) is 0 Å². The zero-order valence-electron chi connectivity index (χ0n) is 67.3. The second-order valence-corrected chi connectivity index (χ2v) is 33.6. The van der Waals surface area contributed by atoms with Gasteiger partial charge in [-0.05, 0) is 69.1 Å². The molecule has 0 amide bonds. The fourth-order valence-electron chi connectivity index (χ4n) is 12.4. The molecule has 3 N–H and O–H groups in total. The maximum Gasteiger partial charge on any atom is 0.472 e. The maximum atomic E-state index is 13.1. The SMILES string of the molecule is CCCCCC/C=C\C=C/CCCCCCCC(=O)OC[C@H](COP(=O)(O)OC[C@@H](O)COP(=O)(O)OC[C@@H](COC(=O)CCCCCCCCCCCCC(C)C)OC(=O)CCCCCCCCCCCCC(C)C)OC(=O)CCCCCCCCCCCCCCCCCCCCC(C)CC. The largest absolute Gasteiger partial charge is 0.472 e. The molecule has 0 radical (unpaired) electrons. The van der Waals surface area contributed by atoms with Crippen LogP contribution >= 0.6 is 15.6 Å². The Kier molecular flexibility index (Phi) is 71.9. The predicted octanol–water partition coefficient (Wildman–Crippen LogP) is 24.9. The lowest BCUT2D eigenvalue weighted by molar-refractivity contribution is -0.161. The number of hydrogen-bond acceptors (Lipinski definition) is 15. The van der Waals surface area contributed by atoms with Gasteiger partial charge in [-0.25, -0.2) is 9.13 Å². The van der Waals surface area contributed by atoms with E-state index in [9.17, 15) is 43.2 Å². The van der Waals surface area contributed by atoms with Gasteiger partial charge in [0.25, 0.3) is 0 Å². The number of phosphoric ester groups is 2. The van der Waals surface area contributed by atoms with Crippen LogP contribution in [-0.4, -0.2) is 96.7 Å². The molecule has 0 heterocycles. The van der Waals surface area contributed by atoms with Gasteiger partial charge >= 0.3 is 39.5 Å². The maximum absolute atomic E-state index is 13.1. The van der Waals surface area contributed by atoms with Gasteiger partial charge in [-0.15, -0.1) is 0 Å². The molecular weight excluding hydrogens is 1340 g/mol. The molecule has 0 rings (SSSR count). The second kappa shape index (κ2) is 73.7. The van der Waals surface area contributed by atoms with E-state index in [1.165, 1.54) is 205 Å². The van der Waals surface area contributed by atoms with Gasteiger partial charge in [-0.2, -0.15) is 0 Å². The molecule has 3 unspecified atom stereocenters. The predicted molar refractivity (Wildman–Crippen MR) is 423 cm³/mol. The van der Waals surface area contributed by atoms with Crippen molar-refractivity contribution in [3.8, 4) is 0 Å². The van der Waals surface area contributed by atoms with Gasteiger partial charge in [-0.3, -0.25) is 37.3 Å². The van der Waals surface area contributed by atoms with Crippen LogP contribution in [0.25, 0.3) is 0 Å². The van der Waals surface area contributed by atoms with Crippen LogP contribution in [-0.2, 0) is 65.4 Å². The number of esters is 4. The van der Waals surface area contributed by atoms with Crippen LogP contribution in [0.4, 0.5) is 0 Å². The molecule has 608 valence electrons. The molecule has 0 bridgehead atoms. The fraction of sp³-hybridized carbons (Fsp3) is 0.905. The molecule has 103 heavy (non-hydrogen) atoms. The molecule has 0 aromatic heterocycles. The Morgan fingerprint density at radius 2 is 0.573 bits per heavy atom. The summed E-state index contributed by atoms with van der Waals surface area (Å²) in [5.41, 5.74) is 0. The van der Waals surface area contributed by atoms with Crippen LogP contribution in [0.5, 0.6) is 0 Å². The van der Waals surface area contributed by atoms with Crippen LogP contribution in [0.2, 0.25) is 0 Å². The summed E-state index contributed by atoms with van der Waals surface area (Å²) in [6.07, 6.45) is 66.0. The number of aliphatic hydroxyl groups is 1. The Labute approximate surface area is 631 Å². The first-order chi connectivity index (χ1) is 49.8. The van der Waals surface area contributed by atoms with E-state index in [-0.39, 0.29) is 25.7 Å². The first-order valence-electron chi connectivity index (χ1n) is 42.7. The minimum absolute atomic E-state index is 0.101. The van der Waals surface area contributed by atoms with E-state index in [0.29, 0.717) is 25.7 Å². The van der Waals surface area contributed by atoms with E-state index in [0.717, 1.165) is 127 Å². The minimum atomic E-state index is -4.97. The van der Waals surface area contributed by atoms with Gasteiger partial charge in [0, 0.05) is 25.7 Å². The molecule has 0 fully saturated rings. The summed E-state index contributed by atoms with van der Waals surface area (Å²) in [6.45, 7) is 11.9. The molecule has 6 atom stereocenters. The summed E-state index contributed by atoms with van der Waals surface area (Å²) >= 11 is 0. The van der Waals surface area contributed by atoms with E-state index in [1.54, 1.807) is 0 Å². The van der Waals surface area contributed by atoms with Gasteiger partial charge in [0.2, 0.25) is 0 Å². The van der Waals surface area contributed by atoms with Gasteiger partial charge in [-0.1, -0.05) is 362 Å². The Morgan fingerprint density at radius 1 is 0.320 bits per heavy atom. The van der Waals surface area contributed by atoms with Crippen molar-refractivity contribution in [2.75, 3.05) is 39.6 Å². The Balaban J connectivity index is 5.27. The number of phosphoric acid groups is 2. The number of ether oxygens (including phenoxy) is 4. The van der Waals surface area contributed by atoms with E-state index in [2.05, 4.69) is 72.8 Å². The van der Waals surface area contributed by atoms with Crippen molar-refractivity contribution in [1.29, 1.82) is 0 Å². The van der Waals surface area contributed by atoms with Gasteiger partial charge in [0.15, 0.2) is 12.2 Å². The Hall–Kier alpha value is -2.46. The monoisotopic (exact) mass is 1500 g/mol. The van der Waals surface area contributed by atoms with Crippen molar-refractivity contribution in [2.45, 2.75) is 433 Å². The number of allylic oxidation sites excluding steroid dienone is 4. The number of hydrogen-bond donors (Lipinski definition) is 3. The van der Waals surface area contributed by atoms with Crippen LogP contribution in [0.15, 0.2) is 24.3 Å². The Bertz CT molecular complexity index is 2090. The molecule has 0 aromatic carbocycles. The zero-order chi connectivity index (χ0) is 75.8. The average Bonchev–Trinajstić information content (AvgIpc) is 0.912. The third-order valence-corrected chi connectivity index (χ3v) is 21.3. The van der Waals surface area contributed by atoms with E-state index in [1.807, 2.05) is 0 Å². The third-order valence-electron chi connectivity index (χ3n) is 19.4. The van der Waals surface area contributed by atoms with Gasteiger partial charge in [0.05, 0.1) is 26.4 Å². The van der Waals surface area contributed by atoms with Crippen LogP contribution in [0.1, 0.15) is 414 Å². The number of carbonyl (C=O) groups is 4. The second-order valence-electron chi connectivity index (χ2n) is 30.7. The Morgan fingerprint density at radius 3 is 0.864 bits per heavy atom. The standard InChI is InChI=1S/C84H160O17P2/c1-8-10-11-12-13-14-15-16-21-25-28-37-44-51-58-65-81(86)94-71-79(100-83(88)67-60-53-46-39-29-26-23-20-18-17-19-22-24-27-36-43-50-57-64-77(7)9-2)73-98-102(90,91)96-69-78(85)70-97-103(92,93)99-74-80(101-84(89)68-61-54-47-40-33-31-35-42-49-56-63-76(5)6)72-95-82(87)66-59-52-45-38-32-30-34-41-48-55-62-75(3)4/h14-16,21,75-80,85H,8-13,17-20,22-74H2,1-7H3,(H,90,91)(H,92,93)/b15-14-,21-16-/t77?,78-,79-,80-/m1/s1. The van der Waals surface area contributed by atoms with Crippen molar-refractivity contribution in [2.24, 2.45) is 17.8 Å². The van der Waals surface area contributed by atoms with Crippen LogP contribution in [0, 0.1) is 17.8 Å². The van der Waals surface area contributed by atoms with Crippen LogP contribution < -0.4 is 0 Å². The molecule has 0 aliphatic rings. The highest BCUT2D eigenvalue weighted by molar-refractivity contribution is 7.47. The molecule has 0 aromatic rings. The van der Waals surface area contributed by atoms with Gasteiger partial charge in [0.1, 0.15) is 19.3 Å². The summed E-state index contributed by atoms with van der Waals surface area (Å²) in [6, 6.07) is 0. The molecule has 0 saturated heterocycles. The summed E-state index contributed by atoms with van der Waals surface area (Å²) in [7, 11) is -9.94. The van der Waals surface area contributed by atoms with E-state index < -0.39 is 97.5 Å². The number of aliphatic hydroxyl groups excluding tert-OH is 1. The highest BCUT2D eigenvalue weighted by atomic mass is 31.2. The highest BCUT2D eigenvalue weighted by Crippen LogP contribution is 2.45. The summed E-state index contributed by atoms with van der Waals surface area (Å²) in [4.78, 5) is 73.1. The summed E-state index contributed by atoms with van der Waals surface area (Å²) in [5.74, 6) is 0.239. The number of rotatable bonds is 80. The molecule has 17 nitrogen and oxygen atoms in total. The normalized spacial score (nSPS) is 14.3. The molecule has 19 heteroatoms. The fourth-order valence-corrected chi connectivity index (χ4v) is 14.0. The molecule has 0 aliphatic carbocycles. The lowest BCUT2D eigenvalue weighted by atomic mass is 9.99. The van der Waals surface area contributed by atoms with Crippen molar-refractivity contribution in [3.05, 3.63) is 24.3 Å². The molecule has 0 aliphatic heterocycles. The number of carbonyl (C=O) groups excluding carboxylic acids is 4. The smallest absolute Gasteiger partial charge is 0.462 e. The topological polar surface area (TPSA) is 237 Å². The van der Waals surface area contributed by atoms with Crippen LogP contribution in [0.3, 0.4) is 0 Å². The van der Waals surface area contributed by atoms with Gasteiger partial charge < -0.3 is 33.8 Å². The summed E-state index contributed by atoms with van der Waals surface area (Å²) in [5, 5.41) is 10.7. The lowest BCUT2D eigenvalue weighted by Gasteiger charge is -2.21. The van der Waals surface area contributed by atoms with E-state index >= 15 is 0 Å². The van der Waals surface area contributed by atoms with Crippen molar-refractivity contribution >= 4 is 39.5 Å². The van der Waals surface area contributed by atoms with E-state index in [4.69, 9.17) is 37.0 Å². The quantitative estimate of drug-likeness (QED) is 0.0169. The first-order valence-corrected chi connectivity index (χ1v) is 45.7. The van der Waals surface area contributed by atoms with Crippen molar-refractivity contribution in [3.63, 3.8) is 0 Å². The first kappa shape index (κ1) is 101. The summed E-state index contributed by atoms with van der Waals surface area (Å²) < 4.78 is 68.8. The zero-order valence-corrected chi connectivity index (χ0v) is 69.1. The molecule has 0 saturated carbocycles.